The molecule has 16 heavy (non-hydrogen) atoms. The van der Waals surface area contributed by atoms with Gasteiger partial charge in [-0.1, -0.05) is 0 Å². The van der Waals surface area contributed by atoms with E-state index < -0.39 is 0 Å². The van der Waals surface area contributed by atoms with Gasteiger partial charge < -0.3 is 4.90 Å². The number of rotatable bonds is 2. The molecule has 1 saturated carbocycles. The lowest BCUT2D eigenvalue weighted by Gasteiger charge is -2.28. The predicted molar refractivity (Wildman–Crippen MR) is 61.6 cm³/mol. The molecule has 2 bridgehead atoms. The van der Waals surface area contributed by atoms with Gasteiger partial charge in [-0.25, -0.2) is 0 Å². The van der Waals surface area contributed by atoms with E-state index in [1.807, 2.05) is 12.1 Å². The Morgan fingerprint density at radius 1 is 1.25 bits per heavy atom. The van der Waals surface area contributed by atoms with Crippen molar-refractivity contribution in [3.63, 3.8) is 0 Å². The summed E-state index contributed by atoms with van der Waals surface area (Å²) in [6.07, 6.45) is 3.94. The maximum atomic E-state index is 10.6. The molecule has 0 amide bonds. The molecule has 1 saturated heterocycles. The van der Waals surface area contributed by atoms with Crippen LogP contribution in [0.5, 0.6) is 0 Å². The molecule has 1 aromatic carbocycles. The van der Waals surface area contributed by atoms with Crippen LogP contribution < -0.4 is 4.90 Å². The zero-order chi connectivity index (χ0) is 11.1. The highest BCUT2D eigenvalue weighted by molar-refractivity contribution is 5.53. The molecular formula is C12H14N2O2. The standard InChI is InChI=1S/C12H14N2O2/c15-14(16)11-5-3-10(4-6-11)13-8-9-1-2-12(13)7-9/h3-6,9,12H,1-2,7-8H2/t9-,12+/m1/s1. The van der Waals surface area contributed by atoms with E-state index >= 15 is 0 Å². The molecule has 0 N–H and O–H groups in total. The Morgan fingerprint density at radius 3 is 2.50 bits per heavy atom. The molecule has 1 aromatic rings. The maximum absolute atomic E-state index is 10.6. The van der Waals surface area contributed by atoms with Gasteiger partial charge in [-0.15, -0.1) is 0 Å². The molecule has 0 radical (unpaired) electrons. The van der Waals surface area contributed by atoms with Crippen molar-refractivity contribution in [2.45, 2.75) is 25.3 Å². The predicted octanol–water partition coefficient (Wildman–Crippen LogP) is 2.58. The van der Waals surface area contributed by atoms with E-state index in [0.717, 1.165) is 18.2 Å². The first-order chi connectivity index (χ1) is 7.74. The zero-order valence-corrected chi connectivity index (χ0v) is 9.00. The highest BCUT2D eigenvalue weighted by Crippen LogP contribution is 2.40. The zero-order valence-electron chi connectivity index (χ0n) is 9.00. The van der Waals surface area contributed by atoms with Gasteiger partial charge in [0.1, 0.15) is 0 Å². The molecule has 2 aliphatic rings. The molecule has 1 aliphatic carbocycles. The number of nitrogens with zero attached hydrogens (tertiary/aromatic N) is 2. The second-order valence-corrected chi connectivity index (χ2v) is 4.76. The topological polar surface area (TPSA) is 46.4 Å². The quantitative estimate of drug-likeness (QED) is 0.566. The van der Waals surface area contributed by atoms with E-state index in [0.29, 0.717) is 6.04 Å². The highest BCUT2D eigenvalue weighted by atomic mass is 16.6. The van der Waals surface area contributed by atoms with Crippen LogP contribution in [-0.2, 0) is 0 Å². The van der Waals surface area contributed by atoms with E-state index in [9.17, 15) is 10.1 Å². The number of anilines is 1. The first-order valence-electron chi connectivity index (χ1n) is 5.75. The average Bonchev–Trinajstić information content (AvgIpc) is 2.91. The smallest absolute Gasteiger partial charge is 0.269 e. The molecule has 4 nitrogen and oxygen atoms in total. The largest absolute Gasteiger partial charge is 0.368 e. The van der Waals surface area contributed by atoms with E-state index in [2.05, 4.69) is 4.90 Å². The van der Waals surface area contributed by atoms with Gasteiger partial charge in [0.15, 0.2) is 0 Å². The Hall–Kier alpha value is -1.58. The number of nitro benzene ring substituents is 1. The van der Waals surface area contributed by atoms with Crippen molar-refractivity contribution >= 4 is 11.4 Å². The molecule has 84 valence electrons. The molecular weight excluding hydrogens is 204 g/mol. The summed E-state index contributed by atoms with van der Waals surface area (Å²) in [5, 5.41) is 10.6. The van der Waals surface area contributed by atoms with Gasteiger partial charge in [-0.2, -0.15) is 0 Å². The van der Waals surface area contributed by atoms with Gasteiger partial charge in [-0.05, 0) is 37.3 Å². The van der Waals surface area contributed by atoms with Crippen LogP contribution in [0.15, 0.2) is 24.3 Å². The summed E-state index contributed by atoms with van der Waals surface area (Å²) < 4.78 is 0. The van der Waals surface area contributed by atoms with E-state index in [1.165, 1.54) is 19.3 Å². The Balaban J connectivity index is 1.82. The fourth-order valence-electron chi connectivity index (χ4n) is 3.01. The van der Waals surface area contributed by atoms with Crippen LogP contribution in [0.25, 0.3) is 0 Å². The van der Waals surface area contributed by atoms with Crippen LogP contribution >= 0.6 is 0 Å². The number of benzene rings is 1. The van der Waals surface area contributed by atoms with E-state index in [-0.39, 0.29) is 10.6 Å². The number of piperidine rings is 1. The summed E-state index contributed by atoms with van der Waals surface area (Å²) in [5.41, 5.74) is 1.31. The number of nitro groups is 1. The lowest BCUT2D eigenvalue weighted by Crippen LogP contribution is -2.31. The Morgan fingerprint density at radius 2 is 2.00 bits per heavy atom. The van der Waals surface area contributed by atoms with Gasteiger partial charge in [-0.3, -0.25) is 10.1 Å². The van der Waals surface area contributed by atoms with Crippen LogP contribution in [0.4, 0.5) is 11.4 Å². The van der Waals surface area contributed by atoms with Crippen molar-refractivity contribution in [1.29, 1.82) is 0 Å². The first-order valence-corrected chi connectivity index (χ1v) is 5.75. The third kappa shape index (κ3) is 1.45. The lowest BCUT2D eigenvalue weighted by atomic mass is 10.1. The van der Waals surface area contributed by atoms with Crippen molar-refractivity contribution in [3.05, 3.63) is 34.4 Å². The second kappa shape index (κ2) is 3.47. The first kappa shape index (κ1) is 9.63. The second-order valence-electron chi connectivity index (χ2n) is 4.76. The Kier molecular flexibility index (Phi) is 2.09. The fourth-order valence-corrected chi connectivity index (χ4v) is 3.01. The molecule has 2 atom stereocenters. The molecule has 1 aliphatic heterocycles. The normalized spacial score (nSPS) is 27.4. The molecule has 3 rings (SSSR count). The summed E-state index contributed by atoms with van der Waals surface area (Å²) in [6.45, 7) is 1.13. The van der Waals surface area contributed by atoms with Crippen LogP contribution in [0.2, 0.25) is 0 Å². The minimum Gasteiger partial charge on any atom is -0.368 e. The Labute approximate surface area is 94.0 Å². The summed E-state index contributed by atoms with van der Waals surface area (Å²) >= 11 is 0. The highest BCUT2D eigenvalue weighted by Gasteiger charge is 2.37. The molecule has 0 aromatic heterocycles. The molecule has 2 fully saturated rings. The van der Waals surface area contributed by atoms with E-state index in [4.69, 9.17) is 0 Å². The summed E-state index contributed by atoms with van der Waals surface area (Å²) in [6, 6.07) is 7.62. The third-order valence-electron chi connectivity index (χ3n) is 3.80. The molecule has 4 heteroatoms. The summed E-state index contributed by atoms with van der Waals surface area (Å²) in [5.74, 6) is 0.847. The van der Waals surface area contributed by atoms with Gasteiger partial charge in [0.2, 0.25) is 0 Å². The summed E-state index contributed by atoms with van der Waals surface area (Å²) in [7, 11) is 0. The van der Waals surface area contributed by atoms with Crippen LogP contribution in [-0.4, -0.2) is 17.5 Å². The van der Waals surface area contributed by atoms with Gasteiger partial charge in [0, 0.05) is 30.4 Å². The van der Waals surface area contributed by atoms with Crippen LogP contribution in [0, 0.1) is 16.0 Å². The van der Waals surface area contributed by atoms with Gasteiger partial charge in [0.25, 0.3) is 5.69 Å². The van der Waals surface area contributed by atoms with E-state index in [1.54, 1.807) is 12.1 Å². The number of hydrogen-bond donors (Lipinski definition) is 0. The lowest BCUT2D eigenvalue weighted by molar-refractivity contribution is -0.384. The molecule has 1 heterocycles. The Bertz CT molecular complexity index is 416. The van der Waals surface area contributed by atoms with Crippen LogP contribution in [0.3, 0.4) is 0 Å². The van der Waals surface area contributed by atoms with Crippen molar-refractivity contribution < 1.29 is 4.92 Å². The van der Waals surface area contributed by atoms with Crippen LogP contribution in [0.1, 0.15) is 19.3 Å². The number of non-ortho nitro benzene ring substituents is 1. The number of hydrogen-bond acceptors (Lipinski definition) is 3. The minimum absolute atomic E-state index is 0.174. The number of fused-ring (bicyclic) bond motifs is 2. The molecule has 0 unspecified atom stereocenters. The molecule has 0 spiro atoms. The minimum atomic E-state index is -0.347. The third-order valence-corrected chi connectivity index (χ3v) is 3.80. The van der Waals surface area contributed by atoms with Crippen molar-refractivity contribution in [2.75, 3.05) is 11.4 Å². The van der Waals surface area contributed by atoms with Crippen molar-refractivity contribution in [1.82, 2.24) is 0 Å². The van der Waals surface area contributed by atoms with Gasteiger partial charge in [0.05, 0.1) is 4.92 Å². The average molecular weight is 218 g/mol. The fraction of sp³-hybridized carbons (Fsp3) is 0.500. The van der Waals surface area contributed by atoms with Crippen molar-refractivity contribution in [3.8, 4) is 0 Å². The maximum Gasteiger partial charge on any atom is 0.269 e. The van der Waals surface area contributed by atoms with Crippen molar-refractivity contribution in [2.24, 2.45) is 5.92 Å². The SMILES string of the molecule is O=[N+]([O-])c1ccc(N2C[C@@H]3CC[C@H]2C3)cc1. The summed E-state index contributed by atoms with van der Waals surface area (Å²) in [4.78, 5) is 12.6. The van der Waals surface area contributed by atoms with Gasteiger partial charge >= 0.3 is 0 Å². The monoisotopic (exact) mass is 218 g/mol.